The third-order valence-corrected chi connectivity index (χ3v) is 5.55. The van der Waals surface area contributed by atoms with Crippen LogP contribution in [0.25, 0.3) is 0 Å². The van der Waals surface area contributed by atoms with Crippen LogP contribution in [0.5, 0.6) is 0 Å². The molecule has 1 heterocycles. The Bertz CT molecular complexity index is 856. The van der Waals surface area contributed by atoms with Crippen molar-refractivity contribution in [3.05, 3.63) is 64.4 Å². The summed E-state index contributed by atoms with van der Waals surface area (Å²) in [7, 11) is 0. The predicted octanol–water partition coefficient (Wildman–Crippen LogP) is 4.79. The molecule has 7 heteroatoms. The largest absolute Gasteiger partial charge is 0.379 e. The lowest BCUT2D eigenvalue weighted by Gasteiger charge is -2.33. The molecular weight excluding hydrogens is 373 g/mol. The maximum Gasteiger partial charge on any atom is 0.255 e. The molecule has 1 aliphatic rings. The van der Waals surface area contributed by atoms with Crippen molar-refractivity contribution in [2.24, 2.45) is 10.7 Å². The zero-order chi connectivity index (χ0) is 18.7. The van der Waals surface area contributed by atoms with Crippen molar-refractivity contribution in [3.63, 3.8) is 0 Å². The highest BCUT2D eigenvalue weighted by molar-refractivity contribution is 8.13. The minimum absolute atomic E-state index is 0.285. The Kier molecular flexibility index (Phi) is 5.53. The van der Waals surface area contributed by atoms with E-state index in [0.29, 0.717) is 39.8 Å². The van der Waals surface area contributed by atoms with Crippen LogP contribution >= 0.6 is 23.4 Å². The number of carbonyl (C=O) groups is 1. The number of carbonyl (C=O) groups excluding carboxylic acids is 1. The number of aliphatic imine (C=N–C) groups is 1. The van der Waals surface area contributed by atoms with Crippen molar-refractivity contribution < 1.29 is 9.18 Å². The van der Waals surface area contributed by atoms with Crippen molar-refractivity contribution in [2.75, 3.05) is 11.1 Å². The fraction of sp³-hybridized carbons (Fsp3) is 0.263. The molecule has 26 heavy (non-hydrogen) atoms. The van der Waals surface area contributed by atoms with Gasteiger partial charge in [-0.1, -0.05) is 30.3 Å². The van der Waals surface area contributed by atoms with Gasteiger partial charge in [-0.3, -0.25) is 9.79 Å². The lowest BCUT2D eigenvalue weighted by molar-refractivity contribution is 0.102. The quantitative estimate of drug-likeness (QED) is 0.787. The SMILES string of the molecule is CCC1(c2cc(NC(=O)c3ccc(Cl)cc3)ccc2F)CCSC(N)=N1. The smallest absolute Gasteiger partial charge is 0.255 e. The summed E-state index contributed by atoms with van der Waals surface area (Å²) in [4.78, 5) is 16.9. The predicted molar refractivity (Wildman–Crippen MR) is 106 cm³/mol. The van der Waals surface area contributed by atoms with Crippen LogP contribution in [-0.2, 0) is 5.54 Å². The van der Waals surface area contributed by atoms with Crippen molar-refractivity contribution in [1.29, 1.82) is 0 Å². The van der Waals surface area contributed by atoms with Gasteiger partial charge < -0.3 is 11.1 Å². The van der Waals surface area contributed by atoms with Crippen LogP contribution in [0.15, 0.2) is 47.5 Å². The van der Waals surface area contributed by atoms with E-state index in [1.54, 1.807) is 36.4 Å². The first-order valence-electron chi connectivity index (χ1n) is 8.28. The molecule has 0 spiro atoms. The van der Waals surface area contributed by atoms with Gasteiger partial charge in [0.1, 0.15) is 5.82 Å². The van der Waals surface area contributed by atoms with Gasteiger partial charge in [0.15, 0.2) is 5.17 Å². The number of rotatable bonds is 4. The number of thioether (sulfide) groups is 1. The number of hydrogen-bond acceptors (Lipinski definition) is 4. The lowest BCUT2D eigenvalue weighted by atomic mass is 9.84. The summed E-state index contributed by atoms with van der Waals surface area (Å²) in [6, 6.07) is 11.1. The first-order valence-corrected chi connectivity index (χ1v) is 9.65. The van der Waals surface area contributed by atoms with Crippen molar-refractivity contribution >= 4 is 40.1 Å². The highest BCUT2D eigenvalue weighted by Crippen LogP contribution is 2.40. The molecule has 1 aliphatic heterocycles. The average molecular weight is 392 g/mol. The standard InChI is InChI=1S/C19H19ClFN3OS/c1-2-19(9-10-26-18(22)24-19)15-11-14(7-8-16(15)21)23-17(25)12-3-5-13(20)6-4-12/h3-8,11H,2,9-10H2,1H3,(H2,22,24)(H,23,25). The van der Waals surface area contributed by atoms with Gasteiger partial charge in [0.2, 0.25) is 0 Å². The first kappa shape index (κ1) is 18.7. The minimum atomic E-state index is -0.694. The van der Waals surface area contributed by atoms with Crippen LogP contribution in [0, 0.1) is 5.82 Å². The molecule has 0 radical (unpaired) electrons. The maximum absolute atomic E-state index is 14.6. The molecule has 1 amide bonds. The van der Waals surface area contributed by atoms with Gasteiger partial charge in [-0.05, 0) is 55.3 Å². The second kappa shape index (κ2) is 7.68. The van der Waals surface area contributed by atoms with Crippen LogP contribution in [0.3, 0.4) is 0 Å². The highest BCUT2D eigenvalue weighted by atomic mass is 35.5. The zero-order valence-corrected chi connectivity index (χ0v) is 15.8. The monoisotopic (exact) mass is 391 g/mol. The van der Waals surface area contributed by atoms with Crippen molar-refractivity contribution in [1.82, 2.24) is 0 Å². The minimum Gasteiger partial charge on any atom is -0.379 e. The molecule has 1 atom stereocenters. The summed E-state index contributed by atoms with van der Waals surface area (Å²) in [6.45, 7) is 1.96. The van der Waals surface area contributed by atoms with E-state index in [4.69, 9.17) is 17.3 Å². The normalized spacial score (nSPS) is 19.7. The molecule has 0 saturated carbocycles. The second-order valence-electron chi connectivity index (χ2n) is 6.09. The van der Waals surface area contributed by atoms with E-state index >= 15 is 0 Å². The van der Waals surface area contributed by atoms with Crippen LogP contribution in [0.1, 0.15) is 35.7 Å². The van der Waals surface area contributed by atoms with E-state index < -0.39 is 5.54 Å². The molecule has 0 fully saturated rings. The number of halogens is 2. The van der Waals surface area contributed by atoms with Crippen molar-refractivity contribution in [3.8, 4) is 0 Å². The number of hydrogen-bond donors (Lipinski definition) is 2. The Morgan fingerprint density at radius 3 is 2.73 bits per heavy atom. The molecule has 0 saturated heterocycles. The van der Waals surface area contributed by atoms with Crippen LogP contribution < -0.4 is 11.1 Å². The number of anilines is 1. The van der Waals surface area contributed by atoms with E-state index in [-0.39, 0.29) is 11.7 Å². The first-order chi connectivity index (χ1) is 12.4. The Morgan fingerprint density at radius 2 is 2.08 bits per heavy atom. The third-order valence-electron chi connectivity index (χ3n) is 4.51. The van der Waals surface area contributed by atoms with Crippen molar-refractivity contribution in [2.45, 2.75) is 25.3 Å². The molecule has 4 nitrogen and oxygen atoms in total. The Balaban J connectivity index is 1.91. The average Bonchev–Trinajstić information content (AvgIpc) is 2.63. The summed E-state index contributed by atoms with van der Waals surface area (Å²) < 4.78 is 14.6. The molecule has 3 rings (SSSR count). The summed E-state index contributed by atoms with van der Waals surface area (Å²) >= 11 is 7.32. The number of benzene rings is 2. The Morgan fingerprint density at radius 1 is 1.35 bits per heavy atom. The number of nitrogens with zero attached hydrogens (tertiary/aromatic N) is 1. The summed E-state index contributed by atoms with van der Waals surface area (Å²) in [5, 5.41) is 3.83. The van der Waals surface area contributed by atoms with Gasteiger partial charge in [-0.25, -0.2) is 4.39 Å². The van der Waals surface area contributed by atoms with E-state index in [0.717, 1.165) is 5.75 Å². The Hall–Kier alpha value is -2.05. The molecule has 0 aromatic heterocycles. The molecule has 2 aromatic carbocycles. The van der Waals surface area contributed by atoms with Gasteiger partial charge in [0.25, 0.3) is 5.91 Å². The number of nitrogens with two attached hydrogens (primary N) is 1. The van der Waals surface area contributed by atoms with E-state index in [1.807, 2.05) is 6.92 Å². The maximum atomic E-state index is 14.6. The molecule has 3 N–H and O–H groups in total. The van der Waals surface area contributed by atoms with Gasteiger partial charge in [0, 0.05) is 27.6 Å². The molecular formula is C19H19ClFN3OS. The summed E-state index contributed by atoms with van der Waals surface area (Å²) in [6.07, 6.45) is 1.32. The lowest BCUT2D eigenvalue weighted by Crippen LogP contribution is -2.32. The van der Waals surface area contributed by atoms with Crippen LogP contribution in [0.2, 0.25) is 5.02 Å². The zero-order valence-electron chi connectivity index (χ0n) is 14.3. The van der Waals surface area contributed by atoms with Crippen LogP contribution in [-0.4, -0.2) is 16.8 Å². The highest BCUT2D eigenvalue weighted by Gasteiger charge is 2.35. The van der Waals surface area contributed by atoms with Gasteiger partial charge in [0.05, 0.1) is 5.54 Å². The van der Waals surface area contributed by atoms with Gasteiger partial charge >= 0.3 is 0 Å². The van der Waals surface area contributed by atoms with Gasteiger partial charge in [-0.15, -0.1) is 0 Å². The topological polar surface area (TPSA) is 67.5 Å². The second-order valence-corrected chi connectivity index (χ2v) is 7.64. The number of nitrogens with one attached hydrogen (secondary N) is 1. The van der Waals surface area contributed by atoms with E-state index in [2.05, 4.69) is 10.3 Å². The molecule has 1 unspecified atom stereocenters. The molecule has 2 aromatic rings. The summed E-state index contributed by atoms with van der Waals surface area (Å²) in [5.41, 5.74) is 6.64. The number of amides is 1. The number of amidine groups is 1. The molecule has 0 aliphatic carbocycles. The van der Waals surface area contributed by atoms with Crippen LogP contribution in [0.4, 0.5) is 10.1 Å². The fourth-order valence-electron chi connectivity index (χ4n) is 3.03. The molecule has 136 valence electrons. The Labute approximate surface area is 161 Å². The van der Waals surface area contributed by atoms with E-state index in [1.165, 1.54) is 17.8 Å². The molecule has 0 bridgehead atoms. The third kappa shape index (κ3) is 3.86. The summed E-state index contributed by atoms with van der Waals surface area (Å²) in [5.74, 6) is 0.149. The van der Waals surface area contributed by atoms with E-state index in [9.17, 15) is 9.18 Å². The fourth-order valence-corrected chi connectivity index (χ4v) is 4.04. The van der Waals surface area contributed by atoms with Gasteiger partial charge in [-0.2, -0.15) is 0 Å².